The molecule has 0 aromatic heterocycles. The third-order valence-corrected chi connectivity index (χ3v) is 3.64. The van der Waals surface area contributed by atoms with Gasteiger partial charge in [0.05, 0.1) is 0 Å². The lowest BCUT2D eigenvalue weighted by atomic mass is 9.91. The van der Waals surface area contributed by atoms with Crippen molar-refractivity contribution >= 4 is 15.9 Å². The van der Waals surface area contributed by atoms with Crippen LogP contribution in [0.1, 0.15) is 24.8 Å². The smallest absolute Gasteiger partial charge is 0.115 e. The van der Waals surface area contributed by atoms with Gasteiger partial charge in [-0.15, -0.1) is 0 Å². The Labute approximate surface area is 105 Å². The zero-order valence-electron chi connectivity index (χ0n) is 9.40. The molecule has 1 aliphatic rings. The second-order valence-electron chi connectivity index (χ2n) is 4.41. The van der Waals surface area contributed by atoms with Crippen molar-refractivity contribution in [2.45, 2.75) is 31.8 Å². The summed E-state index contributed by atoms with van der Waals surface area (Å²) in [6.45, 7) is 2.10. The van der Waals surface area contributed by atoms with Crippen molar-refractivity contribution in [3.63, 3.8) is 0 Å². The lowest BCUT2D eigenvalue weighted by Gasteiger charge is -2.37. The molecule has 2 nitrogen and oxygen atoms in total. The topological polar surface area (TPSA) is 23.5 Å². The molecule has 16 heavy (non-hydrogen) atoms. The maximum absolute atomic E-state index is 9.24. The van der Waals surface area contributed by atoms with Gasteiger partial charge in [0, 0.05) is 24.5 Å². The van der Waals surface area contributed by atoms with E-state index >= 15 is 0 Å². The molecule has 1 aliphatic carbocycles. The summed E-state index contributed by atoms with van der Waals surface area (Å²) in [5.74, 6) is 0.347. The van der Waals surface area contributed by atoms with E-state index in [0.717, 1.165) is 24.5 Å². The average molecular weight is 284 g/mol. The van der Waals surface area contributed by atoms with Gasteiger partial charge >= 0.3 is 0 Å². The predicted octanol–water partition coefficient (Wildman–Crippen LogP) is 3.14. The molecule has 3 heteroatoms. The summed E-state index contributed by atoms with van der Waals surface area (Å²) in [5.41, 5.74) is 1.28. The van der Waals surface area contributed by atoms with Gasteiger partial charge in [0.15, 0.2) is 0 Å². The Hall–Kier alpha value is -0.540. The summed E-state index contributed by atoms with van der Waals surface area (Å²) in [7, 11) is 0. The number of rotatable bonds is 5. The second-order valence-corrected chi connectivity index (χ2v) is 5.20. The van der Waals surface area contributed by atoms with Gasteiger partial charge in [-0.2, -0.15) is 0 Å². The monoisotopic (exact) mass is 283 g/mol. The van der Waals surface area contributed by atoms with Crippen molar-refractivity contribution in [2.75, 3.05) is 11.9 Å². The van der Waals surface area contributed by atoms with Crippen molar-refractivity contribution in [3.8, 4) is 5.75 Å². The van der Waals surface area contributed by atoms with E-state index in [0.29, 0.717) is 5.75 Å². The Balaban J connectivity index is 1.96. The lowest BCUT2D eigenvalue weighted by Crippen LogP contribution is -2.40. The number of phenols is 1. The molecule has 0 saturated heterocycles. The standard InChI is InChI=1S/C13H18BrNO/c14-8-9-15(12-2-1-3-12)10-11-4-6-13(16)7-5-11/h4-7,12,16H,1-3,8-10H2. The minimum absolute atomic E-state index is 0.347. The molecule has 0 spiro atoms. The normalized spacial score (nSPS) is 16.4. The molecule has 0 heterocycles. The predicted molar refractivity (Wildman–Crippen MR) is 69.9 cm³/mol. The van der Waals surface area contributed by atoms with Crippen molar-refractivity contribution in [3.05, 3.63) is 29.8 Å². The average Bonchev–Trinajstić information content (AvgIpc) is 2.19. The molecule has 1 fully saturated rings. The zero-order chi connectivity index (χ0) is 11.4. The highest BCUT2D eigenvalue weighted by Crippen LogP contribution is 2.26. The third-order valence-electron chi connectivity index (χ3n) is 3.28. The van der Waals surface area contributed by atoms with Gasteiger partial charge in [0.25, 0.3) is 0 Å². The highest BCUT2D eigenvalue weighted by Gasteiger charge is 2.24. The van der Waals surface area contributed by atoms with E-state index in [1.165, 1.54) is 24.8 Å². The number of halogens is 1. The number of hydrogen-bond acceptors (Lipinski definition) is 2. The SMILES string of the molecule is Oc1ccc(CN(CCBr)C2CCC2)cc1. The summed E-state index contributed by atoms with van der Waals surface area (Å²) in [5, 5.41) is 10.3. The first-order chi connectivity index (χ1) is 7.79. The Morgan fingerprint density at radius 2 is 1.94 bits per heavy atom. The van der Waals surface area contributed by atoms with Gasteiger partial charge in [-0.1, -0.05) is 34.5 Å². The molecule has 1 saturated carbocycles. The molecule has 1 aromatic carbocycles. The van der Waals surface area contributed by atoms with Crippen LogP contribution in [-0.2, 0) is 6.54 Å². The first kappa shape index (κ1) is 11.9. The number of phenolic OH excluding ortho intramolecular Hbond substituents is 1. The van der Waals surface area contributed by atoms with E-state index in [2.05, 4.69) is 20.8 Å². The maximum atomic E-state index is 9.24. The van der Waals surface area contributed by atoms with E-state index in [4.69, 9.17) is 0 Å². The molecule has 0 amide bonds. The van der Waals surface area contributed by atoms with E-state index < -0.39 is 0 Å². The number of alkyl halides is 1. The highest BCUT2D eigenvalue weighted by atomic mass is 79.9. The summed E-state index contributed by atoms with van der Waals surface area (Å²) >= 11 is 3.51. The first-order valence-electron chi connectivity index (χ1n) is 5.87. The van der Waals surface area contributed by atoms with Crippen LogP contribution < -0.4 is 0 Å². The fraction of sp³-hybridized carbons (Fsp3) is 0.538. The highest BCUT2D eigenvalue weighted by molar-refractivity contribution is 9.09. The molecule has 1 aromatic rings. The van der Waals surface area contributed by atoms with Crippen LogP contribution in [0.3, 0.4) is 0 Å². The molecule has 88 valence electrons. The molecular formula is C13H18BrNO. The van der Waals surface area contributed by atoms with Crippen LogP contribution in [0.5, 0.6) is 5.75 Å². The van der Waals surface area contributed by atoms with Crippen LogP contribution in [0, 0.1) is 0 Å². The van der Waals surface area contributed by atoms with Crippen molar-refractivity contribution < 1.29 is 5.11 Å². The van der Waals surface area contributed by atoms with E-state index in [1.54, 1.807) is 12.1 Å². The van der Waals surface area contributed by atoms with Gasteiger partial charge in [0.1, 0.15) is 5.75 Å². The van der Waals surface area contributed by atoms with Gasteiger partial charge in [-0.05, 0) is 30.5 Å². The molecule has 0 bridgehead atoms. The fourth-order valence-electron chi connectivity index (χ4n) is 2.09. The Morgan fingerprint density at radius 3 is 2.44 bits per heavy atom. The Bertz CT molecular complexity index is 321. The molecule has 0 atom stereocenters. The van der Waals surface area contributed by atoms with Gasteiger partial charge in [-0.25, -0.2) is 0 Å². The van der Waals surface area contributed by atoms with Crippen LogP contribution in [0.25, 0.3) is 0 Å². The van der Waals surface area contributed by atoms with Gasteiger partial charge in [-0.3, -0.25) is 4.90 Å². The number of benzene rings is 1. The minimum Gasteiger partial charge on any atom is -0.508 e. The molecule has 0 radical (unpaired) electrons. The molecule has 0 aliphatic heterocycles. The van der Waals surface area contributed by atoms with Gasteiger partial charge < -0.3 is 5.11 Å². The van der Waals surface area contributed by atoms with Crippen LogP contribution in [0.15, 0.2) is 24.3 Å². The summed E-state index contributed by atoms with van der Waals surface area (Å²) < 4.78 is 0. The number of aromatic hydroxyl groups is 1. The van der Waals surface area contributed by atoms with Crippen molar-refractivity contribution in [1.82, 2.24) is 4.90 Å². The second kappa shape index (κ2) is 5.69. The molecule has 2 rings (SSSR count). The minimum atomic E-state index is 0.347. The Kier molecular flexibility index (Phi) is 4.24. The fourth-order valence-corrected chi connectivity index (χ4v) is 2.54. The zero-order valence-corrected chi connectivity index (χ0v) is 11.0. The first-order valence-corrected chi connectivity index (χ1v) is 6.99. The van der Waals surface area contributed by atoms with Crippen molar-refractivity contribution in [1.29, 1.82) is 0 Å². The quantitative estimate of drug-likeness (QED) is 0.840. The Morgan fingerprint density at radius 1 is 1.25 bits per heavy atom. The molecular weight excluding hydrogens is 266 g/mol. The molecule has 0 unspecified atom stereocenters. The van der Waals surface area contributed by atoms with Crippen molar-refractivity contribution in [2.24, 2.45) is 0 Å². The molecule has 1 N–H and O–H groups in total. The number of hydrogen-bond donors (Lipinski definition) is 1. The van der Waals surface area contributed by atoms with Crippen LogP contribution in [0.2, 0.25) is 0 Å². The third kappa shape index (κ3) is 2.98. The maximum Gasteiger partial charge on any atom is 0.115 e. The van der Waals surface area contributed by atoms with Crippen LogP contribution in [0.4, 0.5) is 0 Å². The number of nitrogens with zero attached hydrogens (tertiary/aromatic N) is 1. The largest absolute Gasteiger partial charge is 0.508 e. The van der Waals surface area contributed by atoms with E-state index in [9.17, 15) is 5.11 Å². The summed E-state index contributed by atoms with van der Waals surface area (Å²) in [4.78, 5) is 2.53. The van der Waals surface area contributed by atoms with Gasteiger partial charge in [0.2, 0.25) is 0 Å². The lowest BCUT2D eigenvalue weighted by molar-refractivity contribution is 0.128. The summed E-state index contributed by atoms with van der Waals surface area (Å²) in [6, 6.07) is 8.32. The van der Waals surface area contributed by atoms with E-state index in [1.807, 2.05) is 12.1 Å². The summed E-state index contributed by atoms with van der Waals surface area (Å²) in [6.07, 6.45) is 4.05. The van der Waals surface area contributed by atoms with Crippen LogP contribution >= 0.6 is 15.9 Å². The van der Waals surface area contributed by atoms with Crippen LogP contribution in [-0.4, -0.2) is 27.9 Å². The van der Waals surface area contributed by atoms with E-state index in [-0.39, 0.29) is 0 Å².